The predicted molar refractivity (Wildman–Crippen MR) is 69.5 cm³/mol. The minimum atomic E-state index is -0.0436. The van der Waals surface area contributed by atoms with Crippen LogP contribution in [0.1, 0.15) is 49.3 Å². The third-order valence-corrected chi connectivity index (χ3v) is 4.67. The Hall–Kier alpha value is -1.16. The van der Waals surface area contributed by atoms with Gasteiger partial charge in [0.05, 0.1) is 5.41 Å². The number of hydrogen-bond donors (Lipinski definition) is 0. The van der Waals surface area contributed by atoms with Crippen LogP contribution in [0.3, 0.4) is 0 Å². The zero-order valence-corrected chi connectivity index (χ0v) is 11.3. The average molecular weight is 247 g/mol. The topological polar surface area (TPSA) is 30.7 Å². The molecule has 0 aliphatic heterocycles. The molecule has 2 aromatic rings. The Morgan fingerprint density at radius 1 is 1.35 bits per heavy atom. The molecule has 17 heavy (non-hydrogen) atoms. The minimum Gasteiger partial charge on any atom is -0.311 e. The van der Waals surface area contributed by atoms with Crippen LogP contribution >= 0.6 is 11.3 Å². The number of rotatable bonds is 3. The molecule has 1 saturated carbocycles. The van der Waals surface area contributed by atoms with Gasteiger partial charge in [0.2, 0.25) is 0 Å². The van der Waals surface area contributed by atoms with Crippen molar-refractivity contribution in [2.75, 3.05) is 0 Å². The molecule has 0 aromatic carbocycles. The van der Waals surface area contributed by atoms with E-state index in [9.17, 15) is 0 Å². The molecular weight excluding hydrogens is 230 g/mol. The first-order chi connectivity index (χ1) is 8.10. The van der Waals surface area contributed by atoms with Crippen LogP contribution in [0.15, 0.2) is 17.5 Å². The molecule has 0 atom stereocenters. The van der Waals surface area contributed by atoms with Gasteiger partial charge in [-0.15, -0.1) is 21.5 Å². The molecule has 4 heteroatoms. The largest absolute Gasteiger partial charge is 0.311 e. The molecule has 0 radical (unpaired) electrons. The Bertz CT molecular complexity index is 521. The first-order valence-electron chi connectivity index (χ1n) is 6.06. The predicted octanol–water partition coefficient (Wildman–Crippen LogP) is 3.31. The fourth-order valence-electron chi connectivity index (χ4n) is 2.31. The van der Waals surface area contributed by atoms with Crippen LogP contribution in [-0.2, 0) is 5.41 Å². The molecule has 0 spiro atoms. The first kappa shape index (κ1) is 11.0. The van der Waals surface area contributed by atoms with Crippen molar-refractivity contribution in [3.8, 4) is 0 Å². The van der Waals surface area contributed by atoms with E-state index in [0.29, 0.717) is 6.04 Å². The first-order valence-corrected chi connectivity index (χ1v) is 6.94. The van der Waals surface area contributed by atoms with Crippen molar-refractivity contribution in [3.63, 3.8) is 0 Å². The summed E-state index contributed by atoms with van der Waals surface area (Å²) >= 11 is 1.79. The summed E-state index contributed by atoms with van der Waals surface area (Å²) in [4.78, 5) is 1.35. The van der Waals surface area contributed by atoms with Crippen molar-refractivity contribution in [1.29, 1.82) is 0 Å². The number of aromatic nitrogens is 3. The lowest BCUT2D eigenvalue weighted by molar-refractivity contribution is 0.538. The van der Waals surface area contributed by atoms with Crippen LogP contribution in [0, 0.1) is 6.92 Å². The number of hydrogen-bond acceptors (Lipinski definition) is 3. The third-order valence-electron chi connectivity index (χ3n) is 3.47. The number of thiophene rings is 1. The zero-order valence-electron chi connectivity index (χ0n) is 10.5. The summed E-state index contributed by atoms with van der Waals surface area (Å²) in [7, 11) is 0. The average Bonchev–Trinajstić information content (AvgIpc) is 2.81. The van der Waals surface area contributed by atoms with Crippen molar-refractivity contribution in [3.05, 3.63) is 34.0 Å². The maximum Gasteiger partial charge on any atom is 0.144 e. The maximum atomic E-state index is 4.42. The summed E-state index contributed by atoms with van der Waals surface area (Å²) in [6, 6.07) is 4.93. The van der Waals surface area contributed by atoms with Crippen LogP contribution in [-0.4, -0.2) is 14.8 Å². The van der Waals surface area contributed by atoms with Gasteiger partial charge in [0, 0.05) is 10.9 Å². The monoisotopic (exact) mass is 247 g/mol. The highest BCUT2D eigenvalue weighted by Gasteiger charge is 2.36. The molecule has 1 aliphatic carbocycles. The quantitative estimate of drug-likeness (QED) is 0.833. The van der Waals surface area contributed by atoms with Crippen molar-refractivity contribution < 1.29 is 0 Å². The number of nitrogens with zero attached hydrogens (tertiary/aromatic N) is 3. The Labute approximate surface area is 106 Å². The summed E-state index contributed by atoms with van der Waals surface area (Å²) in [6.07, 6.45) is 2.54. The van der Waals surface area contributed by atoms with Gasteiger partial charge >= 0.3 is 0 Å². The molecule has 1 aliphatic rings. The molecule has 0 N–H and O–H groups in total. The number of aryl methyl sites for hydroxylation is 1. The molecular formula is C13H17N3S. The Morgan fingerprint density at radius 2 is 2.12 bits per heavy atom. The highest BCUT2D eigenvalue weighted by Crippen LogP contribution is 2.41. The summed E-state index contributed by atoms with van der Waals surface area (Å²) in [5.74, 6) is 2.16. The Kier molecular flexibility index (Phi) is 2.36. The highest BCUT2D eigenvalue weighted by molar-refractivity contribution is 7.10. The minimum absolute atomic E-state index is 0.0436. The van der Waals surface area contributed by atoms with E-state index in [1.807, 2.05) is 0 Å². The fourth-order valence-corrected chi connectivity index (χ4v) is 3.16. The van der Waals surface area contributed by atoms with Gasteiger partial charge < -0.3 is 4.57 Å². The van der Waals surface area contributed by atoms with E-state index < -0.39 is 0 Å². The second-order valence-electron chi connectivity index (χ2n) is 5.27. The van der Waals surface area contributed by atoms with Gasteiger partial charge in [-0.2, -0.15) is 0 Å². The van der Waals surface area contributed by atoms with Crippen LogP contribution in [0.2, 0.25) is 0 Å². The van der Waals surface area contributed by atoms with Crippen molar-refractivity contribution in [2.24, 2.45) is 0 Å². The molecule has 2 heterocycles. The van der Waals surface area contributed by atoms with E-state index in [1.54, 1.807) is 11.3 Å². The van der Waals surface area contributed by atoms with E-state index in [-0.39, 0.29) is 5.41 Å². The molecule has 0 saturated heterocycles. The molecule has 1 fully saturated rings. The lowest BCUT2D eigenvalue weighted by Crippen LogP contribution is -2.23. The third kappa shape index (κ3) is 1.71. The van der Waals surface area contributed by atoms with Crippen molar-refractivity contribution in [2.45, 2.75) is 45.1 Å². The van der Waals surface area contributed by atoms with Gasteiger partial charge in [0.1, 0.15) is 11.6 Å². The summed E-state index contributed by atoms with van der Waals surface area (Å²) in [5, 5.41) is 10.8. The van der Waals surface area contributed by atoms with Crippen molar-refractivity contribution in [1.82, 2.24) is 14.8 Å². The summed E-state index contributed by atoms with van der Waals surface area (Å²) < 4.78 is 2.33. The van der Waals surface area contributed by atoms with E-state index >= 15 is 0 Å². The fraction of sp³-hybridized carbons (Fsp3) is 0.538. The Balaban J connectivity index is 2.09. The van der Waals surface area contributed by atoms with Crippen LogP contribution in [0.25, 0.3) is 0 Å². The second kappa shape index (κ2) is 3.67. The summed E-state index contributed by atoms with van der Waals surface area (Å²) in [6.45, 7) is 6.53. The highest BCUT2D eigenvalue weighted by atomic mass is 32.1. The van der Waals surface area contributed by atoms with E-state index in [0.717, 1.165) is 11.6 Å². The van der Waals surface area contributed by atoms with Crippen LogP contribution in [0.4, 0.5) is 0 Å². The SMILES string of the molecule is Cc1nnc(C(C)(C)c2cccs2)n1C1CC1. The van der Waals surface area contributed by atoms with Crippen LogP contribution in [0.5, 0.6) is 0 Å². The second-order valence-corrected chi connectivity index (χ2v) is 6.22. The van der Waals surface area contributed by atoms with E-state index in [2.05, 4.69) is 53.0 Å². The molecule has 0 amide bonds. The maximum absolute atomic E-state index is 4.42. The van der Waals surface area contributed by atoms with Gasteiger partial charge in [-0.3, -0.25) is 0 Å². The lowest BCUT2D eigenvalue weighted by Gasteiger charge is -2.23. The van der Waals surface area contributed by atoms with Gasteiger partial charge in [0.15, 0.2) is 0 Å². The summed E-state index contributed by atoms with van der Waals surface area (Å²) in [5.41, 5.74) is -0.0436. The van der Waals surface area contributed by atoms with Gasteiger partial charge in [0.25, 0.3) is 0 Å². The van der Waals surface area contributed by atoms with Gasteiger partial charge in [-0.25, -0.2) is 0 Å². The molecule has 0 bridgehead atoms. The van der Waals surface area contributed by atoms with E-state index in [1.165, 1.54) is 17.7 Å². The standard InChI is InChI=1S/C13H17N3S/c1-9-14-15-12(16(9)10-6-7-10)13(2,3)11-5-4-8-17-11/h4-5,8,10H,6-7H2,1-3H3. The molecule has 90 valence electrons. The zero-order chi connectivity index (χ0) is 12.0. The lowest BCUT2D eigenvalue weighted by atomic mass is 9.90. The van der Waals surface area contributed by atoms with Gasteiger partial charge in [-0.05, 0) is 45.1 Å². The Morgan fingerprint density at radius 3 is 2.71 bits per heavy atom. The molecule has 3 rings (SSSR count). The van der Waals surface area contributed by atoms with Crippen molar-refractivity contribution >= 4 is 11.3 Å². The molecule has 2 aromatic heterocycles. The van der Waals surface area contributed by atoms with Crippen LogP contribution < -0.4 is 0 Å². The smallest absolute Gasteiger partial charge is 0.144 e. The van der Waals surface area contributed by atoms with Gasteiger partial charge in [-0.1, -0.05) is 6.07 Å². The van der Waals surface area contributed by atoms with E-state index in [4.69, 9.17) is 0 Å². The normalized spacial score (nSPS) is 16.4. The molecule has 3 nitrogen and oxygen atoms in total. The molecule has 0 unspecified atom stereocenters.